The van der Waals surface area contributed by atoms with E-state index in [0.717, 1.165) is 25.2 Å². The van der Waals surface area contributed by atoms with E-state index in [1.165, 1.54) is 5.56 Å². The van der Waals surface area contributed by atoms with Gasteiger partial charge in [-0.15, -0.1) is 0 Å². The number of nitrogens with two attached hydrogens (primary N) is 1. The zero-order valence-electron chi connectivity index (χ0n) is 10.3. The molecule has 0 radical (unpaired) electrons. The number of benzene rings is 1. The van der Waals surface area contributed by atoms with Crippen LogP contribution in [0.25, 0.3) is 0 Å². The summed E-state index contributed by atoms with van der Waals surface area (Å²) in [7, 11) is 0. The summed E-state index contributed by atoms with van der Waals surface area (Å²) in [6.07, 6.45) is 1.21. The van der Waals surface area contributed by atoms with Gasteiger partial charge in [-0.2, -0.15) is 0 Å². The van der Waals surface area contributed by atoms with Crippen molar-refractivity contribution < 1.29 is 4.79 Å². The maximum Gasteiger partial charge on any atom is 0.224 e. The van der Waals surface area contributed by atoms with Crippen LogP contribution < -0.4 is 16.4 Å². The first kappa shape index (κ1) is 13.7. The summed E-state index contributed by atoms with van der Waals surface area (Å²) in [4.78, 5) is 11.5. The first-order valence-electron chi connectivity index (χ1n) is 6.06. The van der Waals surface area contributed by atoms with Gasteiger partial charge in [0.15, 0.2) is 0 Å². The first-order chi connectivity index (χ1) is 8.26. The molecule has 0 spiro atoms. The standard InChI is InChI=1S/C13H21N3O/c1-2-15-10-11-5-3-6-12(9-11)16-13(17)7-4-8-14/h3,5-6,9,15H,2,4,7-8,10,14H2,1H3,(H,16,17). The van der Waals surface area contributed by atoms with E-state index in [2.05, 4.69) is 17.6 Å². The Labute approximate surface area is 103 Å². The van der Waals surface area contributed by atoms with Crippen LogP contribution in [0.15, 0.2) is 24.3 Å². The molecule has 0 bridgehead atoms. The van der Waals surface area contributed by atoms with Gasteiger partial charge in [-0.3, -0.25) is 4.79 Å². The van der Waals surface area contributed by atoms with Gasteiger partial charge in [-0.25, -0.2) is 0 Å². The molecule has 0 heterocycles. The number of carbonyl (C=O) groups is 1. The number of anilines is 1. The fraction of sp³-hybridized carbons (Fsp3) is 0.462. The van der Waals surface area contributed by atoms with Crippen LogP contribution in [-0.4, -0.2) is 19.0 Å². The lowest BCUT2D eigenvalue weighted by Crippen LogP contribution is -2.14. The fourth-order valence-corrected chi connectivity index (χ4v) is 1.51. The summed E-state index contributed by atoms with van der Waals surface area (Å²) in [5.74, 6) is 0.0241. The van der Waals surface area contributed by atoms with Crippen molar-refractivity contribution in [3.63, 3.8) is 0 Å². The number of carbonyl (C=O) groups excluding carboxylic acids is 1. The van der Waals surface area contributed by atoms with Gasteiger partial charge in [0.25, 0.3) is 0 Å². The predicted molar refractivity (Wildman–Crippen MR) is 70.7 cm³/mol. The number of nitrogens with one attached hydrogen (secondary N) is 2. The summed E-state index contributed by atoms with van der Waals surface area (Å²) in [6.45, 7) is 4.38. The second-order valence-electron chi connectivity index (χ2n) is 3.92. The van der Waals surface area contributed by atoms with Crippen LogP contribution in [0.5, 0.6) is 0 Å². The SMILES string of the molecule is CCNCc1cccc(NC(=O)CCCN)c1. The van der Waals surface area contributed by atoms with E-state index < -0.39 is 0 Å². The highest BCUT2D eigenvalue weighted by Gasteiger charge is 2.02. The Morgan fingerprint density at radius 2 is 2.24 bits per heavy atom. The zero-order valence-corrected chi connectivity index (χ0v) is 10.3. The molecule has 0 aromatic heterocycles. The summed E-state index contributed by atoms with van der Waals surface area (Å²) >= 11 is 0. The van der Waals surface area contributed by atoms with Crippen LogP contribution >= 0.6 is 0 Å². The minimum atomic E-state index is 0.0241. The number of amides is 1. The normalized spacial score (nSPS) is 10.2. The minimum Gasteiger partial charge on any atom is -0.330 e. The Morgan fingerprint density at radius 1 is 1.41 bits per heavy atom. The maximum atomic E-state index is 11.5. The number of hydrogen-bond acceptors (Lipinski definition) is 3. The number of hydrogen-bond donors (Lipinski definition) is 3. The maximum absolute atomic E-state index is 11.5. The molecule has 0 fully saturated rings. The van der Waals surface area contributed by atoms with E-state index >= 15 is 0 Å². The largest absolute Gasteiger partial charge is 0.330 e. The van der Waals surface area contributed by atoms with Crippen LogP contribution in [0.1, 0.15) is 25.3 Å². The average Bonchev–Trinajstić information content (AvgIpc) is 2.34. The van der Waals surface area contributed by atoms with Crippen molar-refractivity contribution in [2.24, 2.45) is 5.73 Å². The lowest BCUT2D eigenvalue weighted by atomic mass is 10.2. The van der Waals surface area contributed by atoms with Crippen molar-refractivity contribution in [3.8, 4) is 0 Å². The van der Waals surface area contributed by atoms with Gasteiger partial charge in [0.1, 0.15) is 0 Å². The highest BCUT2D eigenvalue weighted by atomic mass is 16.1. The molecule has 1 aromatic rings. The van der Waals surface area contributed by atoms with Crippen LogP contribution in [0, 0.1) is 0 Å². The first-order valence-corrected chi connectivity index (χ1v) is 6.06. The summed E-state index contributed by atoms with van der Waals surface area (Å²) < 4.78 is 0. The lowest BCUT2D eigenvalue weighted by Gasteiger charge is -2.07. The van der Waals surface area contributed by atoms with Crippen LogP contribution in [0.3, 0.4) is 0 Å². The van der Waals surface area contributed by atoms with E-state index in [9.17, 15) is 4.79 Å². The van der Waals surface area contributed by atoms with Gasteiger partial charge in [0.05, 0.1) is 0 Å². The Bertz CT molecular complexity index is 352. The average molecular weight is 235 g/mol. The zero-order chi connectivity index (χ0) is 12.5. The molecule has 0 saturated carbocycles. The Hall–Kier alpha value is -1.39. The third-order valence-electron chi connectivity index (χ3n) is 2.40. The topological polar surface area (TPSA) is 67.1 Å². The van der Waals surface area contributed by atoms with E-state index in [4.69, 9.17) is 5.73 Å². The van der Waals surface area contributed by atoms with Crippen molar-refractivity contribution in [3.05, 3.63) is 29.8 Å². The van der Waals surface area contributed by atoms with Crippen LogP contribution in [-0.2, 0) is 11.3 Å². The molecule has 94 valence electrons. The van der Waals surface area contributed by atoms with E-state index in [1.54, 1.807) is 0 Å². The van der Waals surface area contributed by atoms with Crippen molar-refractivity contribution in [2.75, 3.05) is 18.4 Å². The molecule has 4 nitrogen and oxygen atoms in total. The quantitative estimate of drug-likeness (QED) is 0.670. The summed E-state index contributed by atoms with van der Waals surface area (Å²) in [5, 5.41) is 6.12. The van der Waals surface area contributed by atoms with Gasteiger partial charge in [0, 0.05) is 18.7 Å². The van der Waals surface area contributed by atoms with E-state index in [1.807, 2.05) is 24.3 Å². The molecule has 17 heavy (non-hydrogen) atoms. The van der Waals surface area contributed by atoms with Crippen molar-refractivity contribution in [1.29, 1.82) is 0 Å². The molecule has 0 saturated heterocycles. The van der Waals surface area contributed by atoms with Crippen molar-refractivity contribution >= 4 is 11.6 Å². The van der Waals surface area contributed by atoms with Gasteiger partial charge >= 0.3 is 0 Å². The molecule has 1 amide bonds. The van der Waals surface area contributed by atoms with Gasteiger partial charge in [-0.1, -0.05) is 19.1 Å². The predicted octanol–water partition coefficient (Wildman–Crippen LogP) is 1.47. The molecule has 1 aromatic carbocycles. The second-order valence-corrected chi connectivity index (χ2v) is 3.92. The molecule has 4 N–H and O–H groups in total. The Balaban J connectivity index is 2.50. The van der Waals surface area contributed by atoms with E-state index in [-0.39, 0.29) is 5.91 Å². The molecular formula is C13H21N3O. The summed E-state index contributed by atoms with van der Waals surface area (Å²) in [5.41, 5.74) is 7.38. The van der Waals surface area contributed by atoms with Gasteiger partial charge in [0.2, 0.25) is 5.91 Å². The smallest absolute Gasteiger partial charge is 0.224 e. The van der Waals surface area contributed by atoms with Crippen LogP contribution in [0.2, 0.25) is 0 Å². The summed E-state index contributed by atoms with van der Waals surface area (Å²) in [6, 6.07) is 7.88. The Morgan fingerprint density at radius 3 is 2.94 bits per heavy atom. The molecule has 0 unspecified atom stereocenters. The molecular weight excluding hydrogens is 214 g/mol. The van der Waals surface area contributed by atoms with Gasteiger partial charge in [-0.05, 0) is 37.2 Å². The molecule has 0 atom stereocenters. The third-order valence-corrected chi connectivity index (χ3v) is 2.40. The minimum absolute atomic E-state index is 0.0241. The van der Waals surface area contributed by atoms with Crippen molar-refractivity contribution in [1.82, 2.24) is 5.32 Å². The van der Waals surface area contributed by atoms with Crippen LogP contribution in [0.4, 0.5) is 5.69 Å². The molecule has 0 aliphatic carbocycles. The molecule has 0 aliphatic rings. The highest BCUT2D eigenvalue weighted by molar-refractivity contribution is 5.90. The van der Waals surface area contributed by atoms with Crippen molar-refractivity contribution in [2.45, 2.75) is 26.3 Å². The monoisotopic (exact) mass is 235 g/mol. The fourth-order valence-electron chi connectivity index (χ4n) is 1.51. The van der Waals surface area contributed by atoms with E-state index in [0.29, 0.717) is 13.0 Å². The third kappa shape index (κ3) is 5.47. The Kier molecular flexibility index (Phi) is 6.29. The lowest BCUT2D eigenvalue weighted by molar-refractivity contribution is -0.116. The van der Waals surface area contributed by atoms with Gasteiger partial charge < -0.3 is 16.4 Å². The second kappa shape index (κ2) is 7.81. The number of rotatable bonds is 7. The highest BCUT2D eigenvalue weighted by Crippen LogP contribution is 2.11. The molecule has 0 aliphatic heterocycles. The molecule has 1 rings (SSSR count). The molecule has 4 heteroatoms.